The standard InChI is InChI=1S/C25H31F2N7O4S2/c1-13(2)23(35)34-9-8-33(12-14(34)3)17-11-15(40(37,38)31-25(4)6-7-25)10-16-18(17)24(36)32(5)30-19(16)21-28-29-22(39-21)20(26)27/h10-11,13-14,20,31H,6-9,12H2,1-5H3/t14-/m1/s1. The normalized spacial score (nSPS) is 19.2. The van der Waals surface area contributed by atoms with Crippen molar-refractivity contribution in [3.8, 4) is 10.7 Å². The largest absolute Gasteiger partial charge is 0.367 e. The number of amides is 1. The van der Waals surface area contributed by atoms with Gasteiger partial charge >= 0.3 is 0 Å². The summed E-state index contributed by atoms with van der Waals surface area (Å²) in [7, 11) is -2.58. The summed E-state index contributed by atoms with van der Waals surface area (Å²) in [6.45, 7) is 8.50. The molecule has 0 spiro atoms. The molecule has 0 bridgehead atoms. The molecule has 2 aliphatic rings. The molecule has 2 fully saturated rings. The van der Waals surface area contributed by atoms with Crippen LogP contribution in [0.5, 0.6) is 0 Å². The fourth-order valence-corrected chi connectivity index (χ4v) is 7.12. The van der Waals surface area contributed by atoms with Gasteiger partial charge in [0.15, 0.2) is 10.0 Å². The van der Waals surface area contributed by atoms with Gasteiger partial charge in [-0.15, -0.1) is 10.2 Å². The zero-order valence-electron chi connectivity index (χ0n) is 22.8. The lowest BCUT2D eigenvalue weighted by Gasteiger charge is -2.42. The highest BCUT2D eigenvalue weighted by Gasteiger charge is 2.42. The van der Waals surface area contributed by atoms with E-state index in [-0.39, 0.29) is 44.2 Å². The topological polar surface area (TPSA) is 130 Å². The number of aromatic nitrogens is 4. The number of piperazine rings is 1. The second kappa shape index (κ2) is 10.1. The first-order valence-corrected chi connectivity index (χ1v) is 15.3. The van der Waals surface area contributed by atoms with Crippen LogP contribution in [-0.4, -0.2) is 70.4 Å². The molecule has 3 aromatic rings. The monoisotopic (exact) mass is 595 g/mol. The van der Waals surface area contributed by atoms with E-state index in [1.807, 2.05) is 32.6 Å². The Bertz CT molecular complexity index is 1650. The van der Waals surface area contributed by atoms with Crippen molar-refractivity contribution in [1.82, 2.24) is 29.6 Å². The van der Waals surface area contributed by atoms with E-state index in [9.17, 15) is 26.8 Å². The summed E-state index contributed by atoms with van der Waals surface area (Å²) in [5.74, 6) is -0.159. The molecule has 0 radical (unpaired) electrons. The van der Waals surface area contributed by atoms with Crippen LogP contribution in [0.3, 0.4) is 0 Å². The van der Waals surface area contributed by atoms with Crippen LogP contribution in [0.25, 0.3) is 21.5 Å². The van der Waals surface area contributed by atoms with Gasteiger partial charge in [0, 0.05) is 49.6 Å². The average molecular weight is 596 g/mol. The molecule has 5 rings (SSSR count). The summed E-state index contributed by atoms with van der Waals surface area (Å²) < 4.78 is 57.5. The summed E-state index contributed by atoms with van der Waals surface area (Å²) in [5, 5.41) is 11.6. The zero-order valence-corrected chi connectivity index (χ0v) is 24.4. The minimum atomic E-state index is -4.02. The van der Waals surface area contributed by atoms with Crippen LogP contribution in [0.1, 0.15) is 52.0 Å². The molecule has 1 saturated heterocycles. The van der Waals surface area contributed by atoms with E-state index < -0.39 is 32.6 Å². The first-order valence-electron chi connectivity index (χ1n) is 13.0. The van der Waals surface area contributed by atoms with Crippen LogP contribution < -0.4 is 15.2 Å². The Hall–Kier alpha value is -3.04. The first kappa shape index (κ1) is 28.5. The molecule has 3 heterocycles. The van der Waals surface area contributed by atoms with Crippen LogP contribution in [-0.2, 0) is 21.9 Å². The van der Waals surface area contributed by atoms with E-state index in [4.69, 9.17) is 0 Å². The highest BCUT2D eigenvalue weighted by Crippen LogP contribution is 2.39. The molecule has 40 heavy (non-hydrogen) atoms. The zero-order chi connectivity index (χ0) is 29.1. The van der Waals surface area contributed by atoms with Crippen molar-refractivity contribution >= 4 is 43.7 Å². The maximum absolute atomic E-state index is 13.5. The van der Waals surface area contributed by atoms with Gasteiger partial charge in [0.2, 0.25) is 15.9 Å². The quantitative estimate of drug-likeness (QED) is 0.441. The van der Waals surface area contributed by atoms with E-state index in [0.717, 1.165) is 4.68 Å². The lowest BCUT2D eigenvalue weighted by Crippen LogP contribution is -2.55. The van der Waals surface area contributed by atoms with Crippen LogP contribution >= 0.6 is 11.3 Å². The Morgan fingerprint density at radius 2 is 1.90 bits per heavy atom. The molecular formula is C25H31F2N7O4S2. The summed E-state index contributed by atoms with van der Waals surface area (Å²) in [5.41, 5.74) is -0.582. The van der Waals surface area contributed by atoms with E-state index in [1.165, 1.54) is 19.2 Å². The number of halogens is 2. The van der Waals surface area contributed by atoms with Gasteiger partial charge in [-0.3, -0.25) is 9.59 Å². The smallest absolute Gasteiger partial charge is 0.291 e. The number of hydrogen-bond donors (Lipinski definition) is 1. The fraction of sp³-hybridized carbons (Fsp3) is 0.560. The second-order valence-corrected chi connectivity index (χ2v) is 13.7. The van der Waals surface area contributed by atoms with Crippen LogP contribution in [0.2, 0.25) is 0 Å². The Morgan fingerprint density at radius 1 is 1.20 bits per heavy atom. The van der Waals surface area contributed by atoms with E-state index >= 15 is 0 Å². The molecule has 216 valence electrons. The Morgan fingerprint density at radius 3 is 2.48 bits per heavy atom. The highest BCUT2D eigenvalue weighted by molar-refractivity contribution is 7.89. The Kier molecular flexibility index (Phi) is 7.19. The van der Waals surface area contributed by atoms with Gasteiger partial charge in [-0.1, -0.05) is 25.2 Å². The third-order valence-corrected chi connectivity index (χ3v) is 9.93. The van der Waals surface area contributed by atoms with E-state index in [2.05, 4.69) is 20.0 Å². The van der Waals surface area contributed by atoms with Crippen molar-refractivity contribution in [2.24, 2.45) is 13.0 Å². The Labute approximate surface area is 234 Å². The van der Waals surface area contributed by atoms with Crippen LogP contribution in [0.4, 0.5) is 14.5 Å². The molecule has 0 unspecified atom stereocenters. The van der Waals surface area contributed by atoms with Gasteiger partial charge < -0.3 is 9.80 Å². The predicted octanol–water partition coefficient (Wildman–Crippen LogP) is 2.91. The molecule has 11 nitrogen and oxygen atoms in total. The maximum Gasteiger partial charge on any atom is 0.291 e. The molecule has 1 amide bonds. The van der Waals surface area contributed by atoms with Gasteiger partial charge in [0.1, 0.15) is 5.69 Å². The van der Waals surface area contributed by atoms with Gasteiger partial charge in [-0.2, -0.15) is 5.10 Å². The van der Waals surface area contributed by atoms with E-state index in [0.29, 0.717) is 49.5 Å². The summed E-state index contributed by atoms with van der Waals surface area (Å²) in [6, 6.07) is 2.62. The van der Waals surface area contributed by atoms with Crippen LogP contribution in [0.15, 0.2) is 21.8 Å². The number of nitrogens with zero attached hydrogens (tertiary/aromatic N) is 6. The summed E-state index contributed by atoms with van der Waals surface area (Å²) in [4.78, 5) is 29.9. The SMILES string of the molecule is CC(C)C(=O)N1CCN(c2cc(S(=O)(=O)NC3(C)CC3)cc3c(-c4nnc(C(F)F)s4)nn(C)c(=O)c23)C[C@H]1C. The number of rotatable bonds is 7. The number of fused-ring (bicyclic) bond motifs is 1. The third kappa shape index (κ3) is 5.21. The van der Waals surface area contributed by atoms with Gasteiger partial charge in [0.05, 0.1) is 16.0 Å². The molecule has 1 aliphatic carbocycles. The number of alkyl halides is 2. The number of aryl methyl sites for hydroxylation is 1. The molecule has 1 saturated carbocycles. The third-order valence-electron chi connectivity index (χ3n) is 7.37. The maximum atomic E-state index is 13.5. The Balaban J connectivity index is 1.71. The number of anilines is 1. The molecule has 1 aliphatic heterocycles. The van der Waals surface area contributed by atoms with Crippen molar-refractivity contribution in [2.75, 3.05) is 24.5 Å². The van der Waals surface area contributed by atoms with E-state index in [1.54, 1.807) is 4.90 Å². The molecule has 1 N–H and O–H groups in total. The molecule has 15 heteroatoms. The van der Waals surface area contributed by atoms with Crippen molar-refractivity contribution in [3.05, 3.63) is 27.5 Å². The van der Waals surface area contributed by atoms with Crippen molar-refractivity contribution < 1.29 is 22.0 Å². The molecule has 2 aromatic heterocycles. The minimum Gasteiger partial charge on any atom is -0.367 e. The average Bonchev–Trinajstić information content (AvgIpc) is 3.39. The lowest BCUT2D eigenvalue weighted by atomic mass is 10.0. The van der Waals surface area contributed by atoms with Gasteiger partial charge in [0.25, 0.3) is 12.0 Å². The van der Waals surface area contributed by atoms with Crippen LogP contribution in [0, 0.1) is 5.92 Å². The minimum absolute atomic E-state index is 0.0173. The number of benzene rings is 1. The van der Waals surface area contributed by atoms with Gasteiger partial charge in [-0.05, 0) is 38.8 Å². The van der Waals surface area contributed by atoms with Crippen molar-refractivity contribution in [3.63, 3.8) is 0 Å². The predicted molar refractivity (Wildman–Crippen MR) is 147 cm³/mol. The van der Waals surface area contributed by atoms with Crippen molar-refractivity contribution in [2.45, 2.75) is 63.4 Å². The lowest BCUT2D eigenvalue weighted by molar-refractivity contribution is -0.136. The number of carbonyl (C=O) groups excluding carboxylic acids is 1. The molecule has 1 aromatic carbocycles. The number of sulfonamides is 1. The summed E-state index contributed by atoms with van der Waals surface area (Å²) >= 11 is 0.632. The van der Waals surface area contributed by atoms with Crippen molar-refractivity contribution in [1.29, 1.82) is 0 Å². The first-order chi connectivity index (χ1) is 18.7. The fourth-order valence-electron chi connectivity index (χ4n) is 4.91. The number of hydrogen-bond acceptors (Lipinski definition) is 9. The second-order valence-electron chi connectivity index (χ2n) is 11.0. The summed E-state index contributed by atoms with van der Waals surface area (Å²) in [6.07, 6.45) is -1.44. The number of carbonyl (C=O) groups is 1. The molecular weight excluding hydrogens is 564 g/mol. The molecule has 1 atom stereocenters. The number of nitrogens with one attached hydrogen (secondary N) is 1. The van der Waals surface area contributed by atoms with Gasteiger partial charge in [-0.25, -0.2) is 26.6 Å². The highest BCUT2D eigenvalue weighted by atomic mass is 32.2.